The van der Waals surface area contributed by atoms with E-state index in [4.69, 9.17) is 0 Å². The molecule has 0 saturated carbocycles. The number of carbonyl (C=O) groups excluding carboxylic acids is 1. The van der Waals surface area contributed by atoms with Crippen LogP contribution in [-0.4, -0.2) is 28.9 Å². The van der Waals surface area contributed by atoms with Crippen LogP contribution in [0.25, 0.3) is 0 Å². The van der Waals surface area contributed by atoms with Gasteiger partial charge in [-0.2, -0.15) is 0 Å². The van der Waals surface area contributed by atoms with Gasteiger partial charge in [-0.05, 0) is 32.9 Å². The number of rotatable bonds is 6. The standard InChI is InChI=1S/C16H20N2OS2/c1-4-18(5-2)16(19)14-8-6-7-9-15(14)21-11-13-10-20-12(3)17-13/h6-10H,4-5,11H2,1-3H3. The van der Waals surface area contributed by atoms with E-state index >= 15 is 0 Å². The molecule has 0 atom stereocenters. The number of aromatic nitrogens is 1. The molecule has 0 aliphatic carbocycles. The number of benzene rings is 1. The van der Waals surface area contributed by atoms with Crippen LogP contribution in [0.1, 0.15) is 34.9 Å². The molecule has 21 heavy (non-hydrogen) atoms. The first-order chi connectivity index (χ1) is 10.2. The van der Waals surface area contributed by atoms with E-state index in [-0.39, 0.29) is 5.91 Å². The molecule has 1 aromatic heterocycles. The summed E-state index contributed by atoms with van der Waals surface area (Å²) in [5.41, 5.74) is 1.87. The minimum Gasteiger partial charge on any atom is -0.339 e. The zero-order valence-corrected chi connectivity index (χ0v) is 14.3. The Labute approximate surface area is 134 Å². The Morgan fingerprint density at radius 3 is 2.62 bits per heavy atom. The fraction of sp³-hybridized carbons (Fsp3) is 0.375. The van der Waals surface area contributed by atoms with Crippen LogP contribution >= 0.6 is 23.1 Å². The Hall–Kier alpha value is -1.33. The highest BCUT2D eigenvalue weighted by atomic mass is 32.2. The van der Waals surface area contributed by atoms with Crippen LogP contribution in [0.3, 0.4) is 0 Å². The molecule has 0 unspecified atom stereocenters. The van der Waals surface area contributed by atoms with Gasteiger partial charge in [0, 0.05) is 29.1 Å². The molecular weight excluding hydrogens is 300 g/mol. The SMILES string of the molecule is CCN(CC)C(=O)c1ccccc1SCc1csc(C)n1. The van der Waals surface area contributed by atoms with E-state index < -0.39 is 0 Å². The number of thioether (sulfide) groups is 1. The van der Waals surface area contributed by atoms with Crippen molar-refractivity contribution in [2.45, 2.75) is 31.4 Å². The van der Waals surface area contributed by atoms with Crippen molar-refractivity contribution in [1.82, 2.24) is 9.88 Å². The van der Waals surface area contributed by atoms with Crippen molar-refractivity contribution >= 4 is 29.0 Å². The lowest BCUT2D eigenvalue weighted by Crippen LogP contribution is -2.30. The molecule has 3 nitrogen and oxygen atoms in total. The molecule has 0 aliphatic rings. The Morgan fingerprint density at radius 1 is 1.29 bits per heavy atom. The number of amides is 1. The molecular formula is C16H20N2OS2. The van der Waals surface area contributed by atoms with Crippen LogP contribution in [0, 0.1) is 6.92 Å². The summed E-state index contributed by atoms with van der Waals surface area (Å²) in [6.45, 7) is 7.50. The summed E-state index contributed by atoms with van der Waals surface area (Å²) in [6, 6.07) is 7.83. The van der Waals surface area contributed by atoms with E-state index in [0.717, 1.165) is 40.0 Å². The second-order valence-electron chi connectivity index (χ2n) is 4.62. The summed E-state index contributed by atoms with van der Waals surface area (Å²) in [7, 11) is 0. The molecule has 112 valence electrons. The van der Waals surface area contributed by atoms with Crippen molar-refractivity contribution in [2.75, 3.05) is 13.1 Å². The smallest absolute Gasteiger partial charge is 0.254 e. The van der Waals surface area contributed by atoms with Gasteiger partial charge in [0.15, 0.2) is 0 Å². The zero-order chi connectivity index (χ0) is 15.2. The van der Waals surface area contributed by atoms with Crippen LogP contribution in [0.5, 0.6) is 0 Å². The zero-order valence-electron chi connectivity index (χ0n) is 12.6. The predicted molar refractivity (Wildman–Crippen MR) is 90.1 cm³/mol. The normalized spacial score (nSPS) is 10.6. The van der Waals surface area contributed by atoms with E-state index in [1.807, 2.05) is 49.9 Å². The van der Waals surface area contributed by atoms with Gasteiger partial charge < -0.3 is 4.90 Å². The molecule has 0 bridgehead atoms. The molecule has 5 heteroatoms. The van der Waals surface area contributed by atoms with Gasteiger partial charge in [0.2, 0.25) is 0 Å². The highest BCUT2D eigenvalue weighted by Crippen LogP contribution is 2.27. The first-order valence-electron chi connectivity index (χ1n) is 7.07. The van der Waals surface area contributed by atoms with E-state index in [1.54, 1.807) is 23.1 Å². The van der Waals surface area contributed by atoms with Gasteiger partial charge in [0.1, 0.15) is 0 Å². The molecule has 0 radical (unpaired) electrons. The topological polar surface area (TPSA) is 33.2 Å². The lowest BCUT2D eigenvalue weighted by atomic mass is 10.2. The Bertz CT molecular complexity index is 606. The summed E-state index contributed by atoms with van der Waals surface area (Å²) in [5, 5.41) is 3.16. The fourth-order valence-electron chi connectivity index (χ4n) is 2.08. The van der Waals surface area contributed by atoms with E-state index in [9.17, 15) is 4.79 Å². The highest BCUT2D eigenvalue weighted by molar-refractivity contribution is 7.98. The molecule has 1 amide bonds. The Morgan fingerprint density at radius 2 is 2.00 bits per heavy atom. The van der Waals surface area contributed by atoms with Gasteiger partial charge in [0.05, 0.1) is 16.3 Å². The minimum absolute atomic E-state index is 0.109. The number of nitrogens with zero attached hydrogens (tertiary/aromatic N) is 2. The van der Waals surface area contributed by atoms with E-state index in [1.165, 1.54) is 0 Å². The molecule has 0 saturated heterocycles. The summed E-state index contributed by atoms with van der Waals surface area (Å²) < 4.78 is 0. The summed E-state index contributed by atoms with van der Waals surface area (Å²) in [6.07, 6.45) is 0. The van der Waals surface area contributed by atoms with Gasteiger partial charge in [0.25, 0.3) is 5.91 Å². The van der Waals surface area contributed by atoms with Crippen molar-refractivity contribution in [3.63, 3.8) is 0 Å². The summed E-state index contributed by atoms with van der Waals surface area (Å²) in [5.74, 6) is 0.907. The summed E-state index contributed by atoms with van der Waals surface area (Å²) >= 11 is 3.34. The number of hydrogen-bond donors (Lipinski definition) is 0. The molecule has 1 aromatic carbocycles. The Balaban J connectivity index is 2.14. The first-order valence-corrected chi connectivity index (χ1v) is 8.94. The molecule has 0 N–H and O–H groups in total. The molecule has 0 aliphatic heterocycles. The number of aryl methyl sites for hydroxylation is 1. The molecule has 1 heterocycles. The van der Waals surface area contributed by atoms with Gasteiger partial charge in [-0.3, -0.25) is 4.79 Å². The maximum Gasteiger partial charge on any atom is 0.254 e. The Kier molecular flexibility index (Phi) is 5.82. The van der Waals surface area contributed by atoms with Gasteiger partial charge >= 0.3 is 0 Å². The third-order valence-corrected chi connectivity index (χ3v) is 5.14. The van der Waals surface area contributed by atoms with Crippen LogP contribution in [0.2, 0.25) is 0 Å². The van der Waals surface area contributed by atoms with Crippen LogP contribution < -0.4 is 0 Å². The monoisotopic (exact) mass is 320 g/mol. The van der Waals surface area contributed by atoms with Crippen molar-refractivity contribution in [3.8, 4) is 0 Å². The van der Waals surface area contributed by atoms with E-state index in [0.29, 0.717) is 0 Å². The van der Waals surface area contributed by atoms with Crippen molar-refractivity contribution in [2.24, 2.45) is 0 Å². The number of carbonyl (C=O) groups is 1. The van der Waals surface area contributed by atoms with Gasteiger partial charge in [-0.15, -0.1) is 23.1 Å². The second kappa shape index (κ2) is 7.61. The molecule has 0 fully saturated rings. The maximum absolute atomic E-state index is 12.5. The van der Waals surface area contributed by atoms with Crippen LogP contribution in [0.15, 0.2) is 34.5 Å². The highest BCUT2D eigenvalue weighted by Gasteiger charge is 2.16. The van der Waals surface area contributed by atoms with Crippen molar-refractivity contribution in [3.05, 3.63) is 45.9 Å². The number of thiazole rings is 1. The molecule has 0 spiro atoms. The van der Waals surface area contributed by atoms with Crippen molar-refractivity contribution < 1.29 is 4.79 Å². The third kappa shape index (κ3) is 4.08. The molecule has 2 aromatic rings. The maximum atomic E-state index is 12.5. The minimum atomic E-state index is 0.109. The fourth-order valence-corrected chi connectivity index (χ4v) is 3.73. The average Bonchev–Trinajstić information content (AvgIpc) is 2.92. The van der Waals surface area contributed by atoms with Gasteiger partial charge in [-0.25, -0.2) is 4.98 Å². The van der Waals surface area contributed by atoms with E-state index in [2.05, 4.69) is 10.4 Å². The van der Waals surface area contributed by atoms with Crippen molar-refractivity contribution in [1.29, 1.82) is 0 Å². The van der Waals surface area contributed by atoms with Crippen LogP contribution in [-0.2, 0) is 5.75 Å². The molecule has 2 rings (SSSR count). The second-order valence-corrected chi connectivity index (χ2v) is 6.70. The van der Waals surface area contributed by atoms with Gasteiger partial charge in [-0.1, -0.05) is 12.1 Å². The third-order valence-electron chi connectivity index (χ3n) is 3.21. The largest absolute Gasteiger partial charge is 0.339 e. The lowest BCUT2D eigenvalue weighted by molar-refractivity contribution is 0.0769. The first kappa shape index (κ1) is 16.0. The predicted octanol–water partition coefficient (Wildman–Crippen LogP) is 4.23. The summed E-state index contributed by atoms with van der Waals surface area (Å²) in [4.78, 5) is 19.9. The average molecular weight is 320 g/mol. The lowest BCUT2D eigenvalue weighted by Gasteiger charge is -2.20. The number of hydrogen-bond acceptors (Lipinski definition) is 4. The van der Waals surface area contributed by atoms with Crippen LogP contribution in [0.4, 0.5) is 0 Å². The quantitative estimate of drug-likeness (QED) is 0.747.